The average Bonchev–Trinajstić information content (AvgIpc) is 2.63. The van der Waals surface area contributed by atoms with Gasteiger partial charge in [0.1, 0.15) is 17.3 Å². The third-order valence-electron chi connectivity index (χ3n) is 3.83. The molecule has 0 aromatic carbocycles. The second-order valence-corrected chi connectivity index (χ2v) is 6.12. The van der Waals surface area contributed by atoms with E-state index in [0.29, 0.717) is 23.7 Å². The fourth-order valence-electron chi connectivity index (χ4n) is 2.54. The van der Waals surface area contributed by atoms with Gasteiger partial charge in [0.15, 0.2) is 0 Å². The number of hydrogen-bond donors (Lipinski definition) is 2. The zero-order valence-corrected chi connectivity index (χ0v) is 15.1. The summed E-state index contributed by atoms with van der Waals surface area (Å²) in [5.74, 6) is 1.09. The predicted molar refractivity (Wildman–Crippen MR) is 101 cm³/mol. The van der Waals surface area contributed by atoms with Gasteiger partial charge in [0.25, 0.3) is 0 Å². The standard InChI is InChI=1S/C20H20N4O3/c1-13-3-5-18(14(2)23-13)27-17-7-8-22-19(10-17)24-16-9-15(11-21-12-16)4-6-20(25)26/h3,5,7-12H,4,6H2,1-2H3,(H,22,24)(H,25,26). The van der Waals surface area contributed by atoms with Crippen molar-refractivity contribution in [3.63, 3.8) is 0 Å². The fourth-order valence-corrected chi connectivity index (χ4v) is 2.54. The third-order valence-corrected chi connectivity index (χ3v) is 3.83. The summed E-state index contributed by atoms with van der Waals surface area (Å²) in [4.78, 5) is 23.5. The monoisotopic (exact) mass is 364 g/mol. The van der Waals surface area contributed by atoms with Crippen LogP contribution in [-0.4, -0.2) is 26.0 Å². The highest BCUT2D eigenvalue weighted by Gasteiger charge is 2.06. The zero-order chi connectivity index (χ0) is 19.2. The number of carbonyl (C=O) groups is 1. The number of anilines is 2. The van der Waals surface area contributed by atoms with Crippen molar-refractivity contribution in [1.82, 2.24) is 15.0 Å². The number of aryl methyl sites for hydroxylation is 3. The van der Waals surface area contributed by atoms with Crippen molar-refractivity contribution in [2.75, 3.05) is 5.32 Å². The Hall–Kier alpha value is -3.48. The van der Waals surface area contributed by atoms with Crippen LogP contribution in [0.1, 0.15) is 23.4 Å². The molecule has 0 bridgehead atoms. The van der Waals surface area contributed by atoms with E-state index in [1.165, 1.54) is 0 Å². The largest absolute Gasteiger partial charge is 0.481 e. The molecule has 3 aromatic heterocycles. The van der Waals surface area contributed by atoms with Crippen LogP contribution in [0.2, 0.25) is 0 Å². The molecule has 0 saturated carbocycles. The molecule has 0 aliphatic heterocycles. The minimum Gasteiger partial charge on any atom is -0.481 e. The van der Waals surface area contributed by atoms with Crippen molar-refractivity contribution >= 4 is 17.5 Å². The minimum atomic E-state index is -0.833. The molecular weight excluding hydrogens is 344 g/mol. The second kappa shape index (κ2) is 8.27. The van der Waals surface area contributed by atoms with Crippen molar-refractivity contribution in [2.45, 2.75) is 26.7 Å². The van der Waals surface area contributed by atoms with Gasteiger partial charge in [-0.3, -0.25) is 14.8 Å². The number of rotatable bonds is 7. The summed E-state index contributed by atoms with van der Waals surface area (Å²) >= 11 is 0. The summed E-state index contributed by atoms with van der Waals surface area (Å²) in [7, 11) is 0. The molecule has 0 radical (unpaired) electrons. The van der Waals surface area contributed by atoms with Gasteiger partial charge in [-0.25, -0.2) is 4.98 Å². The molecular formula is C20H20N4O3. The van der Waals surface area contributed by atoms with E-state index in [1.807, 2.05) is 32.0 Å². The van der Waals surface area contributed by atoms with Gasteiger partial charge in [-0.05, 0) is 50.1 Å². The Morgan fingerprint density at radius 1 is 1.19 bits per heavy atom. The first-order valence-electron chi connectivity index (χ1n) is 8.50. The number of ether oxygens (including phenoxy) is 1. The van der Waals surface area contributed by atoms with E-state index in [0.717, 1.165) is 22.6 Å². The van der Waals surface area contributed by atoms with E-state index in [1.54, 1.807) is 30.7 Å². The zero-order valence-electron chi connectivity index (χ0n) is 15.1. The maximum absolute atomic E-state index is 10.7. The highest BCUT2D eigenvalue weighted by Crippen LogP contribution is 2.26. The molecule has 7 heteroatoms. The van der Waals surface area contributed by atoms with Gasteiger partial charge in [0.2, 0.25) is 0 Å². The number of carboxylic acid groups (broad SMARTS) is 1. The lowest BCUT2D eigenvalue weighted by Gasteiger charge is -2.11. The summed E-state index contributed by atoms with van der Waals surface area (Å²) < 4.78 is 5.91. The van der Waals surface area contributed by atoms with Gasteiger partial charge >= 0.3 is 5.97 Å². The van der Waals surface area contributed by atoms with E-state index >= 15 is 0 Å². The van der Waals surface area contributed by atoms with Crippen LogP contribution in [0.3, 0.4) is 0 Å². The number of aromatic nitrogens is 3. The van der Waals surface area contributed by atoms with Crippen molar-refractivity contribution in [3.8, 4) is 11.5 Å². The van der Waals surface area contributed by atoms with Crippen molar-refractivity contribution < 1.29 is 14.6 Å². The van der Waals surface area contributed by atoms with Crippen LogP contribution in [0.25, 0.3) is 0 Å². The Balaban J connectivity index is 1.72. The minimum absolute atomic E-state index is 0.0661. The van der Waals surface area contributed by atoms with Crippen molar-refractivity contribution in [3.05, 3.63) is 65.9 Å². The maximum Gasteiger partial charge on any atom is 0.303 e. The molecule has 2 N–H and O–H groups in total. The third kappa shape index (κ3) is 5.24. The molecule has 0 aliphatic rings. The number of carboxylic acids is 1. The van der Waals surface area contributed by atoms with Crippen molar-refractivity contribution in [2.24, 2.45) is 0 Å². The Labute approximate surface area is 157 Å². The molecule has 7 nitrogen and oxygen atoms in total. The Morgan fingerprint density at radius 3 is 2.81 bits per heavy atom. The normalized spacial score (nSPS) is 10.4. The van der Waals surface area contributed by atoms with E-state index in [-0.39, 0.29) is 6.42 Å². The van der Waals surface area contributed by atoms with Gasteiger partial charge < -0.3 is 15.2 Å². The van der Waals surface area contributed by atoms with Gasteiger partial charge in [0.05, 0.1) is 17.6 Å². The van der Waals surface area contributed by atoms with E-state index in [4.69, 9.17) is 9.84 Å². The molecule has 3 aromatic rings. The van der Waals surface area contributed by atoms with Crippen LogP contribution in [-0.2, 0) is 11.2 Å². The van der Waals surface area contributed by atoms with E-state index in [9.17, 15) is 4.79 Å². The summed E-state index contributed by atoms with van der Waals surface area (Å²) in [6.07, 6.45) is 5.46. The number of hydrogen-bond acceptors (Lipinski definition) is 6. The fraction of sp³-hybridized carbons (Fsp3) is 0.200. The number of pyridine rings is 3. The Bertz CT molecular complexity index is 959. The average molecular weight is 364 g/mol. The first kappa shape index (κ1) is 18.3. The lowest BCUT2D eigenvalue weighted by atomic mass is 10.1. The first-order chi connectivity index (χ1) is 13.0. The van der Waals surface area contributed by atoms with Crippen LogP contribution in [0.4, 0.5) is 11.5 Å². The summed E-state index contributed by atoms with van der Waals surface area (Å²) in [5, 5.41) is 12.0. The molecule has 0 amide bonds. The highest BCUT2D eigenvalue weighted by molar-refractivity contribution is 5.67. The summed E-state index contributed by atoms with van der Waals surface area (Å²) in [5.41, 5.74) is 3.33. The highest BCUT2D eigenvalue weighted by atomic mass is 16.5. The topological polar surface area (TPSA) is 97.2 Å². The molecule has 0 spiro atoms. The molecule has 138 valence electrons. The summed E-state index contributed by atoms with van der Waals surface area (Å²) in [6, 6.07) is 9.20. The van der Waals surface area contributed by atoms with Gasteiger partial charge in [-0.15, -0.1) is 0 Å². The molecule has 0 aliphatic carbocycles. The Kier molecular flexibility index (Phi) is 5.61. The van der Waals surface area contributed by atoms with E-state index < -0.39 is 5.97 Å². The van der Waals surface area contributed by atoms with Gasteiger partial charge in [0, 0.05) is 30.6 Å². The molecule has 0 atom stereocenters. The van der Waals surface area contributed by atoms with Gasteiger partial charge in [-0.1, -0.05) is 0 Å². The van der Waals surface area contributed by atoms with Crippen LogP contribution in [0, 0.1) is 13.8 Å². The van der Waals surface area contributed by atoms with Crippen molar-refractivity contribution in [1.29, 1.82) is 0 Å². The molecule has 3 heterocycles. The number of nitrogens with one attached hydrogen (secondary N) is 1. The van der Waals surface area contributed by atoms with Crippen LogP contribution < -0.4 is 10.1 Å². The SMILES string of the molecule is Cc1ccc(Oc2ccnc(Nc3cncc(CCC(=O)O)c3)c2)c(C)n1. The lowest BCUT2D eigenvalue weighted by molar-refractivity contribution is -0.136. The van der Waals surface area contributed by atoms with Crippen LogP contribution >= 0.6 is 0 Å². The first-order valence-corrected chi connectivity index (χ1v) is 8.50. The predicted octanol–water partition coefficient (Wildman–Crippen LogP) is 4.04. The number of aliphatic carboxylic acids is 1. The number of nitrogens with zero attached hydrogens (tertiary/aromatic N) is 3. The molecule has 0 fully saturated rings. The lowest BCUT2D eigenvalue weighted by Crippen LogP contribution is -2.00. The molecule has 0 saturated heterocycles. The van der Waals surface area contributed by atoms with Crippen LogP contribution in [0.15, 0.2) is 48.9 Å². The second-order valence-electron chi connectivity index (χ2n) is 6.12. The smallest absolute Gasteiger partial charge is 0.303 e. The molecule has 3 rings (SSSR count). The van der Waals surface area contributed by atoms with Gasteiger partial charge in [-0.2, -0.15) is 0 Å². The maximum atomic E-state index is 10.7. The summed E-state index contributed by atoms with van der Waals surface area (Å²) in [6.45, 7) is 3.83. The molecule has 27 heavy (non-hydrogen) atoms. The van der Waals surface area contributed by atoms with E-state index in [2.05, 4.69) is 20.3 Å². The van der Waals surface area contributed by atoms with Crippen LogP contribution in [0.5, 0.6) is 11.5 Å². The molecule has 0 unspecified atom stereocenters. The quantitative estimate of drug-likeness (QED) is 0.653. The Morgan fingerprint density at radius 2 is 2.04 bits per heavy atom.